The van der Waals surface area contributed by atoms with Crippen molar-refractivity contribution in [1.82, 2.24) is 0 Å². The Morgan fingerprint density at radius 1 is 1.00 bits per heavy atom. The number of ether oxygens (including phenoxy) is 1. The van der Waals surface area contributed by atoms with Gasteiger partial charge in [-0.1, -0.05) is 59.7 Å². The van der Waals surface area contributed by atoms with Crippen LogP contribution in [-0.2, 0) is 0 Å². The Morgan fingerprint density at radius 3 is 2.00 bits per heavy atom. The zero-order valence-electron chi connectivity index (χ0n) is 11.6. The highest BCUT2D eigenvalue weighted by molar-refractivity contribution is 5.38. The van der Waals surface area contributed by atoms with E-state index in [2.05, 4.69) is 0 Å². The maximum Gasteiger partial charge on any atom is 0.124 e. The van der Waals surface area contributed by atoms with Gasteiger partial charge < -0.3 is 10.5 Å². The third kappa shape index (κ3) is 5.17. The van der Waals surface area contributed by atoms with Gasteiger partial charge in [-0.2, -0.15) is 0 Å². The molecule has 1 atom stereocenters. The molecule has 16 heavy (non-hydrogen) atoms. The third-order valence-electron chi connectivity index (χ3n) is 1.74. The van der Waals surface area contributed by atoms with Gasteiger partial charge in [-0.05, 0) is 6.07 Å². The van der Waals surface area contributed by atoms with E-state index in [9.17, 15) is 0 Å². The van der Waals surface area contributed by atoms with Crippen LogP contribution in [0.3, 0.4) is 0 Å². The van der Waals surface area contributed by atoms with Crippen molar-refractivity contribution in [3.05, 3.63) is 29.8 Å². The van der Waals surface area contributed by atoms with Crippen molar-refractivity contribution in [2.45, 2.75) is 47.6 Å². The fourth-order valence-electron chi connectivity index (χ4n) is 1.19. The second kappa shape index (κ2) is 12.1. The lowest BCUT2D eigenvalue weighted by atomic mass is 10.1. The van der Waals surface area contributed by atoms with Crippen LogP contribution < -0.4 is 10.5 Å². The lowest BCUT2D eigenvalue weighted by Crippen LogP contribution is -2.10. The normalized spacial score (nSPS) is 14.8. The number of benzene rings is 1. The van der Waals surface area contributed by atoms with E-state index in [0.29, 0.717) is 6.61 Å². The van der Waals surface area contributed by atoms with Crippen molar-refractivity contribution in [2.24, 2.45) is 5.73 Å². The molecule has 1 unspecified atom stereocenters. The molecule has 94 valence electrons. The highest BCUT2D eigenvalue weighted by atomic mass is 16.5. The molecular weight excluding hydrogens is 198 g/mol. The zero-order valence-corrected chi connectivity index (χ0v) is 11.6. The van der Waals surface area contributed by atoms with E-state index in [0.717, 1.165) is 11.3 Å². The maximum atomic E-state index is 5.72. The Hall–Kier alpha value is -1.02. The number of hydrogen-bond acceptors (Lipinski definition) is 2. The van der Waals surface area contributed by atoms with Crippen LogP contribution in [0.25, 0.3) is 0 Å². The van der Waals surface area contributed by atoms with E-state index in [1.807, 2.05) is 65.8 Å². The van der Waals surface area contributed by atoms with Crippen LogP contribution in [0.2, 0.25) is 0 Å². The molecule has 1 aliphatic rings. The predicted octanol–water partition coefficient (Wildman–Crippen LogP) is 4.16. The van der Waals surface area contributed by atoms with Crippen molar-refractivity contribution in [2.75, 3.05) is 6.61 Å². The highest BCUT2D eigenvalue weighted by Crippen LogP contribution is 2.29. The Bertz CT molecular complexity index is 248. The standard InChI is InChI=1S/C8H9NO.3C2H6/c9-7-5-10-8-4-2-1-3-6(7)8;3*1-2/h1-4,7H,5,9H2;3*1-2H3. The van der Waals surface area contributed by atoms with Gasteiger partial charge in [-0.25, -0.2) is 0 Å². The summed E-state index contributed by atoms with van der Waals surface area (Å²) < 4.78 is 5.29. The molecule has 0 aliphatic carbocycles. The average molecular weight is 225 g/mol. The Balaban J connectivity index is 0. The quantitative estimate of drug-likeness (QED) is 0.719. The van der Waals surface area contributed by atoms with Crippen LogP contribution in [0, 0.1) is 0 Å². The van der Waals surface area contributed by atoms with E-state index >= 15 is 0 Å². The summed E-state index contributed by atoms with van der Waals surface area (Å²) in [7, 11) is 0. The molecule has 0 bridgehead atoms. The molecule has 0 fully saturated rings. The topological polar surface area (TPSA) is 35.2 Å². The van der Waals surface area contributed by atoms with Gasteiger partial charge in [-0.3, -0.25) is 0 Å². The third-order valence-corrected chi connectivity index (χ3v) is 1.74. The van der Waals surface area contributed by atoms with E-state index in [4.69, 9.17) is 10.5 Å². The molecule has 1 aliphatic heterocycles. The molecule has 1 aromatic carbocycles. The van der Waals surface area contributed by atoms with E-state index in [1.165, 1.54) is 0 Å². The lowest BCUT2D eigenvalue weighted by Gasteiger charge is -1.96. The highest BCUT2D eigenvalue weighted by Gasteiger charge is 2.18. The van der Waals surface area contributed by atoms with Crippen LogP contribution in [-0.4, -0.2) is 6.61 Å². The average Bonchev–Trinajstić information content (AvgIpc) is 2.79. The van der Waals surface area contributed by atoms with Crippen molar-refractivity contribution < 1.29 is 4.74 Å². The molecule has 0 aromatic heterocycles. The minimum absolute atomic E-state index is 0.0798. The number of hydrogen-bond donors (Lipinski definition) is 1. The van der Waals surface area contributed by atoms with E-state index in [-0.39, 0.29) is 6.04 Å². The number of fused-ring (bicyclic) bond motifs is 1. The summed E-state index contributed by atoms with van der Waals surface area (Å²) in [4.78, 5) is 0. The van der Waals surface area contributed by atoms with Gasteiger partial charge in [0.2, 0.25) is 0 Å². The molecule has 1 aromatic rings. The monoisotopic (exact) mass is 225 g/mol. The lowest BCUT2D eigenvalue weighted by molar-refractivity contribution is 0.333. The van der Waals surface area contributed by atoms with Crippen LogP contribution in [0.1, 0.15) is 53.1 Å². The fraction of sp³-hybridized carbons (Fsp3) is 0.571. The Labute approximate surface area is 101 Å². The van der Waals surface area contributed by atoms with Gasteiger partial charge in [0.1, 0.15) is 12.4 Å². The maximum absolute atomic E-state index is 5.72. The fourth-order valence-corrected chi connectivity index (χ4v) is 1.19. The van der Waals surface area contributed by atoms with Crippen LogP contribution in [0.15, 0.2) is 24.3 Å². The van der Waals surface area contributed by atoms with Crippen molar-refractivity contribution in [3.63, 3.8) is 0 Å². The van der Waals surface area contributed by atoms with Crippen LogP contribution in [0.4, 0.5) is 0 Å². The van der Waals surface area contributed by atoms with Crippen molar-refractivity contribution >= 4 is 0 Å². The van der Waals surface area contributed by atoms with Gasteiger partial charge >= 0.3 is 0 Å². The minimum Gasteiger partial charge on any atom is -0.491 e. The molecule has 2 heteroatoms. The first-order valence-corrected chi connectivity index (χ1v) is 6.35. The molecule has 2 nitrogen and oxygen atoms in total. The summed E-state index contributed by atoms with van der Waals surface area (Å²) in [5.41, 5.74) is 6.85. The molecule has 2 rings (SSSR count). The van der Waals surface area contributed by atoms with E-state index in [1.54, 1.807) is 0 Å². The summed E-state index contributed by atoms with van der Waals surface area (Å²) in [6.45, 7) is 12.6. The molecule has 0 amide bonds. The molecule has 2 N–H and O–H groups in total. The first kappa shape index (κ1) is 17.4. The van der Waals surface area contributed by atoms with Crippen LogP contribution in [0.5, 0.6) is 5.75 Å². The largest absolute Gasteiger partial charge is 0.491 e. The summed E-state index contributed by atoms with van der Waals surface area (Å²) in [5.74, 6) is 0.940. The van der Waals surface area contributed by atoms with Gasteiger partial charge in [0.05, 0.1) is 6.04 Å². The number of rotatable bonds is 0. The first-order valence-electron chi connectivity index (χ1n) is 6.35. The number of para-hydroxylation sites is 1. The summed E-state index contributed by atoms with van der Waals surface area (Å²) in [6, 6.07) is 7.97. The van der Waals surface area contributed by atoms with E-state index < -0.39 is 0 Å². The first-order chi connectivity index (χ1) is 7.88. The number of nitrogens with two attached hydrogens (primary N) is 1. The molecular formula is C14H27NO. The zero-order chi connectivity index (χ0) is 13.0. The van der Waals surface area contributed by atoms with Crippen LogP contribution >= 0.6 is 0 Å². The SMILES string of the molecule is CC.CC.CC.NC1COc2ccccc21. The molecule has 0 radical (unpaired) electrons. The molecule has 0 saturated carbocycles. The molecule has 1 heterocycles. The van der Waals surface area contributed by atoms with Gasteiger partial charge in [-0.15, -0.1) is 0 Å². The minimum atomic E-state index is 0.0798. The Morgan fingerprint density at radius 2 is 1.50 bits per heavy atom. The van der Waals surface area contributed by atoms with Gasteiger partial charge in [0, 0.05) is 5.56 Å². The Kier molecular flexibility index (Phi) is 13.1. The second-order valence-electron chi connectivity index (χ2n) is 2.46. The smallest absolute Gasteiger partial charge is 0.124 e. The van der Waals surface area contributed by atoms with Crippen molar-refractivity contribution in [3.8, 4) is 5.75 Å². The van der Waals surface area contributed by atoms with Gasteiger partial charge in [0.15, 0.2) is 0 Å². The predicted molar refractivity (Wildman–Crippen MR) is 72.9 cm³/mol. The van der Waals surface area contributed by atoms with Gasteiger partial charge in [0.25, 0.3) is 0 Å². The second-order valence-corrected chi connectivity index (χ2v) is 2.46. The van der Waals surface area contributed by atoms with Crippen molar-refractivity contribution in [1.29, 1.82) is 0 Å². The summed E-state index contributed by atoms with van der Waals surface area (Å²) in [6.07, 6.45) is 0. The summed E-state index contributed by atoms with van der Waals surface area (Å²) in [5, 5.41) is 0. The summed E-state index contributed by atoms with van der Waals surface area (Å²) >= 11 is 0. The molecule has 0 saturated heterocycles. The molecule has 0 spiro atoms.